The van der Waals surface area contributed by atoms with Crippen LogP contribution in [0.2, 0.25) is 0 Å². The van der Waals surface area contributed by atoms with Crippen LogP contribution in [0.4, 0.5) is 18.9 Å². The molecule has 0 radical (unpaired) electrons. The standard InChI is InChI=1S/C25H25F3N2O4S2/c1-2-34-20-13-16(10-11-19(20)31)14-21-23(33)30(24(35)36-21)12-5-3-4-9-22(32)29-18-8-6-7-17(15-18)25(26,27)28/h6-8,10-11,13-15,31H,2-5,9,12H2,1H3,(H,29,32)/b21-14-. The molecule has 1 aliphatic heterocycles. The van der Waals surface area contributed by atoms with Crippen molar-refractivity contribution in [3.8, 4) is 11.5 Å². The number of aromatic hydroxyl groups is 1. The van der Waals surface area contributed by atoms with Crippen molar-refractivity contribution in [2.24, 2.45) is 0 Å². The maximum absolute atomic E-state index is 12.8. The van der Waals surface area contributed by atoms with E-state index in [2.05, 4.69) is 5.32 Å². The molecular formula is C25H25F3N2O4S2. The number of unbranched alkanes of at least 4 members (excludes halogenated alkanes) is 2. The summed E-state index contributed by atoms with van der Waals surface area (Å²) in [5, 5.41) is 12.3. The number of hydrogen-bond acceptors (Lipinski definition) is 6. The van der Waals surface area contributed by atoms with E-state index in [0.717, 1.165) is 12.1 Å². The maximum atomic E-state index is 12.8. The lowest BCUT2D eigenvalue weighted by molar-refractivity contribution is -0.137. The lowest BCUT2D eigenvalue weighted by Crippen LogP contribution is -2.29. The Balaban J connectivity index is 1.45. The van der Waals surface area contributed by atoms with Crippen molar-refractivity contribution in [1.29, 1.82) is 0 Å². The Bertz CT molecular complexity index is 1170. The van der Waals surface area contributed by atoms with E-state index >= 15 is 0 Å². The fourth-order valence-corrected chi connectivity index (χ4v) is 4.77. The van der Waals surface area contributed by atoms with Crippen LogP contribution in [0, 0.1) is 0 Å². The number of carbonyl (C=O) groups is 2. The second kappa shape index (κ2) is 12.3. The van der Waals surface area contributed by atoms with Gasteiger partial charge < -0.3 is 15.2 Å². The first-order valence-electron chi connectivity index (χ1n) is 11.3. The quantitative estimate of drug-likeness (QED) is 0.213. The highest BCUT2D eigenvalue weighted by molar-refractivity contribution is 8.26. The zero-order valence-corrected chi connectivity index (χ0v) is 21.1. The minimum Gasteiger partial charge on any atom is -0.504 e. The van der Waals surface area contributed by atoms with Crippen LogP contribution >= 0.6 is 24.0 Å². The highest BCUT2D eigenvalue weighted by atomic mass is 32.2. The molecule has 3 rings (SSSR count). The van der Waals surface area contributed by atoms with Crippen molar-refractivity contribution in [3.63, 3.8) is 0 Å². The number of alkyl halides is 3. The van der Waals surface area contributed by atoms with Crippen LogP contribution in [0.25, 0.3) is 6.08 Å². The Labute approximate surface area is 216 Å². The second-order valence-electron chi connectivity index (χ2n) is 7.93. The van der Waals surface area contributed by atoms with Crippen molar-refractivity contribution in [2.45, 2.75) is 38.8 Å². The molecule has 6 nitrogen and oxygen atoms in total. The molecule has 0 aliphatic carbocycles. The fourth-order valence-electron chi connectivity index (χ4n) is 3.46. The van der Waals surface area contributed by atoms with E-state index in [1.165, 1.54) is 34.9 Å². The highest BCUT2D eigenvalue weighted by Gasteiger charge is 2.32. The molecule has 0 atom stereocenters. The second-order valence-corrected chi connectivity index (χ2v) is 9.61. The van der Waals surface area contributed by atoms with Crippen LogP contribution in [0.15, 0.2) is 47.4 Å². The number of ether oxygens (including phenoxy) is 1. The number of hydrogen-bond donors (Lipinski definition) is 2. The third-order valence-electron chi connectivity index (χ3n) is 5.21. The Morgan fingerprint density at radius 3 is 2.69 bits per heavy atom. The van der Waals surface area contributed by atoms with Gasteiger partial charge in [0.15, 0.2) is 11.5 Å². The summed E-state index contributed by atoms with van der Waals surface area (Å²) >= 11 is 6.54. The zero-order chi connectivity index (χ0) is 26.3. The van der Waals surface area contributed by atoms with Gasteiger partial charge in [0, 0.05) is 18.7 Å². The first kappa shape index (κ1) is 27.5. The molecule has 1 saturated heterocycles. The highest BCUT2D eigenvalue weighted by Crippen LogP contribution is 2.35. The summed E-state index contributed by atoms with van der Waals surface area (Å²) in [6.07, 6.45) is -0.857. The molecule has 2 N–H and O–H groups in total. The molecule has 0 saturated carbocycles. The number of nitrogens with zero attached hydrogens (tertiary/aromatic N) is 1. The Kier molecular flexibility index (Phi) is 9.38. The lowest BCUT2D eigenvalue weighted by Gasteiger charge is -2.14. The summed E-state index contributed by atoms with van der Waals surface area (Å²) in [6.45, 7) is 2.60. The smallest absolute Gasteiger partial charge is 0.416 e. The van der Waals surface area contributed by atoms with Gasteiger partial charge in [-0.2, -0.15) is 13.2 Å². The first-order chi connectivity index (χ1) is 17.1. The number of amides is 2. The number of nitrogens with one attached hydrogen (secondary N) is 1. The van der Waals surface area contributed by atoms with Gasteiger partial charge in [0.2, 0.25) is 5.91 Å². The van der Waals surface area contributed by atoms with Gasteiger partial charge in [0.1, 0.15) is 4.32 Å². The third kappa shape index (κ3) is 7.47. The Morgan fingerprint density at radius 2 is 1.97 bits per heavy atom. The average molecular weight is 539 g/mol. The number of anilines is 1. The summed E-state index contributed by atoms with van der Waals surface area (Å²) in [6, 6.07) is 9.32. The van der Waals surface area contributed by atoms with Gasteiger partial charge in [0.05, 0.1) is 17.1 Å². The number of phenolic OH excluding ortho intramolecular Hbond substituents is 1. The fraction of sp³-hybridized carbons (Fsp3) is 0.320. The minimum absolute atomic E-state index is 0.0186. The van der Waals surface area contributed by atoms with E-state index < -0.39 is 11.7 Å². The van der Waals surface area contributed by atoms with Crippen molar-refractivity contribution >= 4 is 51.9 Å². The summed E-state index contributed by atoms with van der Waals surface area (Å²) < 4.78 is 44.2. The Morgan fingerprint density at radius 1 is 1.19 bits per heavy atom. The number of rotatable bonds is 10. The summed E-state index contributed by atoms with van der Waals surface area (Å²) in [5.41, 5.74) is -0.0253. The molecule has 2 aromatic rings. The average Bonchev–Trinajstić information content (AvgIpc) is 3.08. The van der Waals surface area contributed by atoms with E-state index in [1.54, 1.807) is 25.1 Å². The molecule has 2 aromatic carbocycles. The molecule has 0 bridgehead atoms. The molecule has 192 valence electrons. The number of benzene rings is 2. The molecule has 1 aliphatic rings. The topological polar surface area (TPSA) is 78.9 Å². The SMILES string of the molecule is CCOc1cc(/C=C2\SC(=S)N(CCCCCC(=O)Nc3cccc(C(F)(F)F)c3)C2=O)ccc1O. The van der Waals surface area contributed by atoms with Gasteiger partial charge in [-0.05, 0) is 61.7 Å². The molecule has 2 amide bonds. The predicted molar refractivity (Wildman–Crippen MR) is 138 cm³/mol. The summed E-state index contributed by atoms with van der Waals surface area (Å²) in [7, 11) is 0. The molecule has 1 heterocycles. The lowest BCUT2D eigenvalue weighted by atomic mass is 10.1. The van der Waals surface area contributed by atoms with E-state index in [4.69, 9.17) is 17.0 Å². The monoisotopic (exact) mass is 538 g/mol. The van der Waals surface area contributed by atoms with Gasteiger partial charge in [-0.3, -0.25) is 14.5 Å². The molecule has 0 unspecified atom stereocenters. The van der Waals surface area contributed by atoms with E-state index in [1.807, 2.05) is 0 Å². The largest absolute Gasteiger partial charge is 0.504 e. The van der Waals surface area contributed by atoms with E-state index in [-0.39, 0.29) is 29.7 Å². The summed E-state index contributed by atoms with van der Waals surface area (Å²) in [5.74, 6) is -0.231. The molecule has 0 aromatic heterocycles. The van der Waals surface area contributed by atoms with Crippen LogP contribution < -0.4 is 10.1 Å². The van der Waals surface area contributed by atoms with Crippen molar-refractivity contribution < 1.29 is 32.6 Å². The van der Waals surface area contributed by atoms with E-state index in [9.17, 15) is 27.9 Å². The van der Waals surface area contributed by atoms with Gasteiger partial charge in [-0.15, -0.1) is 0 Å². The number of thiocarbonyl (C=S) groups is 1. The first-order valence-corrected chi connectivity index (χ1v) is 12.5. The number of carbonyl (C=O) groups excluding carboxylic acids is 2. The summed E-state index contributed by atoms with van der Waals surface area (Å²) in [4.78, 5) is 26.9. The molecule has 0 spiro atoms. The molecule has 36 heavy (non-hydrogen) atoms. The number of halogens is 3. The molecule has 1 fully saturated rings. The Hall–Kier alpha value is -3.05. The van der Waals surface area contributed by atoms with Gasteiger partial charge in [-0.25, -0.2) is 0 Å². The van der Waals surface area contributed by atoms with Crippen LogP contribution in [0.1, 0.15) is 43.7 Å². The van der Waals surface area contributed by atoms with E-state index in [0.29, 0.717) is 53.0 Å². The molecular weight excluding hydrogens is 513 g/mol. The van der Waals surface area contributed by atoms with Gasteiger partial charge in [0.25, 0.3) is 5.91 Å². The van der Waals surface area contributed by atoms with Crippen LogP contribution in [0.5, 0.6) is 11.5 Å². The predicted octanol–water partition coefficient (Wildman–Crippen LogP) is 6.21. The van der Waals surface area contributed by atoms with Crippen LogP contribution in [0.3, 0.4) is 0 Å². The van der Waals surface area contributed by atoms with Crippen LogP contribution in [-0.4, -0.2) is 39.3 Å². The van der Waals surface area contributed by atoms with Gasteiger partial charge >= 0.3 is 6.18 Å². The minimum atomic E-state index is -4.47. The number of phenols is 1. The van der Waals surface area contributed by atoms with Crippen molar-refractivity contribution in [2.75, 3.05) is 18.5 Å². The maximum Gasteiger partial charge on any atom is 0.416 e. The third-order valence-corrected chi connectivity index (χ3v) is 6.59. The normalized spacial score (nSPS) is 15.0. The van der Waals surface area contributed by atoms with Crippen molar-refractivity contribution in [3.05, 3.63) is 58.5 Å². The van der Waals surface area contributed by atoms with Crippen LogP contribution in [-0.2, 0) is 15.8 Å². The van der Waals surface area contributed by atoms with Gasteiger partial charge in [-0.1, -0.05) is 42.5 Å². The number of thioether (sulfide) groups is 1. The van der Waals surface area contributed by atoms with Crippen molar-refractivity contribution in [1.82, 2.24) is 4.90 Å². The molecule has 11 heteroatoms. The zero-order valence-electron chi connectivity index (χ0n) is 19.4.